The summed E-state index contributed by atoms with van der Waals surface area (Å²) in [7, 11) is 0. The summed E-state index contributed by atoms with van der Waals surface area (Å²) in [5, 5.41) is 0. The van der Waals surface area contributed by atoms with Crippen LogP contribution in [0.5, 0.6) is 11.5 Å². The summed E-state index contributed by atoms with van der Waals surface area (Å²) in [5.41, 5.74) is -2.52. The highest BCUT2D eigenvalue weighted by atomic mass is 79.9. The van der Waals surface area contributed by atoms with Gasteiger partial charge in [0.25, 0.3) is 0 Å². The number of halogens is 2. The van der Waals surface area contributed by atoms with E-state index in [1.807, 2.05) is 0 Å². The number of Topliss-reactive ketones (excluding diaryl/α,β-unsaturated/α-hetero) is 1. The van der Waals surface area contributed by atoms with Gasteiger partial charge in [0.15, 0.2) is 11.2 Å². The van der Waals surface area contributed by atoms with Crippen LogP contribution in [0.4, 0.5) is 4.39 Å². The molecule has 0 saturated heterocycles. The molecule has 1 aliphatic carbocycles. The normalized spacial score (nSPS) is 25.2. The zero-order chi connectivity index (χ0) is 22.7. The third kappa shape index (κ3) is 2.70. The summed E-state index contributed by atoms with van der Waals surface area (Å²) in [4.78, 5) is 40.4. The first kappa shape index (κ1) is 20.6. The summed E-state index contributed by atoms with van der Waals surface area (Å²) >= 11 is 3.32. The van der Waals surface area contributed by atoms with Crippen molar-refractivity contribution in [2.45, 2.75) is 12.8 Å². The largest absolute Gasteiger partial charge is 0.426 e. The molecule has 1 aliphatic heterocycles. The zero-order valence-electron chi connectivity index (χ0n) is 16.8. The molecule has 1 fully saturated rings. The van der Waals surface area contributed by atoms with Crippen LogP contribution in [0.2, 0.25) is 0 Å². The molecule has 160 valence electrons. The molecule has 32 heavy (non-hydrogen) atoms. The third-order valence-corrected chi connectivity index (χ3v) is 6.95. The van der Waals surface area contributed by atoms with Crippen LogP contribution < -0.4 is 9.47 Å². The molecule has 1 saturated carbocycles. The van der Waals surface area contributed by atoms with Crippen LogP contribution in [-0.4, -0.2) is 17.7 Å². The van der Waals surface area contributed by atoms with Crippen molar-refractivity contribution in [1.82, 2.24) is 0 Å². The molecule has 2 aliphatic rings. The van der Waals surface area contributed by atoms with E-state index in [0.717, 1.165) is 4.47 Å². The lowest BCUT2D eigenvalue weighted by atomic mass is 9.87. The second-order valence-corrected chi connectivity index (χ2v) is 8.97. The first-order valence-corrected chi connectivity index (χ1v) is 10.7. The molecule has 7 heteroatoms. The average molecular weight is 495 g/mol. The van der Waals surface area contributed by atoms with Crippen LogP contribution in [0.15, 0.2) is 77.3 Å². The van der Waals surface area contributed by atoms with Crippen LogP contribution in [-0.2, 0) is 9.59 Å². The van der Waals surface area contributed by atoms with E-state index in [9.17, 15) is 18.8 Å². The molecule has 0 N–H and O–H groups in total. The van der Waals surface area contributed by atoms with Crippen LogP contribution in [0.25, 0.3) is 0 Å². The van der Waals surface area contributed by atoms with Gasteiger partial charge in [-0.25, -0.2) is 4.39 Å². The maximum atomic E-state index is 13.6. The molecule has 3 atom stereocenters. The van der Waals surface area contributed by atoms with Crippen molar-refractivity contribution in [3.05, 3.63) is 94.2 Å². The summed E-state index contributed by atoms with van der Waals surface area (Å²) in [6.45, 7) is 1.57. The Bertz CT molecular complexity index is 1270. The number of ether oxygens (including phenoxy) is 2. The smallest absolute Gasteiger partial charge is 0.330 e. The molecule has 5 rings (SSSR count). The average Bonchev–Trinajstić information content (AvgIpc) is 3.39. The first-order valence-electron chi connectivity index (χ1n) is 9.89. The lowest BCUT2D eigenvalue weighted by molar-refractivity contribution is -0.156. The number of para-hydroxylation sites is 1. The summed E-state index contributed by atoms with van der Waals surface area (Å²) in [6, 6.07) is 18.4. The summed E-state index contributed by atoms with van der Waals surface area (Å²) < 4.78 is 25.3. The van der Waals surface area contributed by atoms with E-state index in [1.165, 1.54) is 24.3 Å². The van der Waals surface area contributed by atoms with E-state index in [1.54, 1.807) is 55.5 Å². The van der Waals surface area contributed by atoms with Gasteiger partial charge in [0.05, 0.1) is 5.41 Å². The minimum absolute atomic E-state index is 0.199. The lowest BCUT2D eigenvalue weighted by Crippen LogP contribution is -2.41. The number of carbonyl (C=O) groups is 3. The van der Waals surface area contributed by atoms with Crippen molar-refractivity contribution in [3.8, 4) is 11.5 Å². The van der Waals surface area contributed by atoms with Gasteiger partial charge < -0.3 is 9.47 Å². The van der Waals surface area contributed by atoms with E-state index < -0.39 is 40.3 Å². The van der Waals surface area contributed by atoms with Gasteiger partial charge in [-0.15, -0.1) is 0 Å². The number of esters is 2. The quantitative estimate of drug-likeness (QED) is 0.219. The molecular formula is C25H16BrFO5. The van der Waals surface area contributed by atoms with Crippen molar-refractivity contribution in [2.75, 3.05) is 0 Å². The standard InChI is InChI=1S/C25H16BrFO5/c1-24(21(28)14-6-10-16(27)11-7-14)20-18-4-2-3-5-19(18)32-23(30)25(20,24)22(29)31-17-12-8-15(26)9-13-17/h2-13,20H,1H3/t20-,24+,25+/m1/s1. The summed E-state index contributed by atoms with van der Waals surface area (Å²) in [6.07, 6.45) is 0. The number of hydrogen-bond acceptors (Lipinski definition) is 5. The van der Waals surface area contributed by atoms with Crippen LogP contribution in [0.3, 0.4) is 0 Å². The topological polar surface area (TPSA) is 69.7 Å². The molecule has 0 spiro atoms. The Morgan fingerprint density at radius 1 is 1.00 bits per heavy atom. The Labute approximate surface area is 191 Å². The molecule has 0 aromatic heterocycles. The second-order valence-electron chi connectivity index (χ2n) is 8.05. The predicted molar refractivity (Wildman–Crippen MR) is 116 cm³/mol. The number of hydrogen-bond donors (Lipinski definition) is 0. The van der Waals surface area contributed by atoms with E-state index >= 15 is 0 Å². The van der Waals surface area contributed by atoms with E-state index in [4.69, 9.17) is 9.47 Å². The van der Waals surface area contributed by atoms with Crippen LogP contribution in [0, 0.1) is 16.6 Å². The second kappa shape index (κ2) is 7.10. The van der Waals surface area contributed by atoms with E-state index in [2.05, 4.69) is 15.9 Å². The van der Waals surface area contributed by atoms with Gasteiger partial charge in [-0.05, 0) is 61.5 Å². The van der Waals surface area contributed by atoms with E-state index in [0.29, 0.717) is 11.3 Å². The number of ketones is 1. The molecule has 0 unspecified atom stereocenters. The lowest BCUT2D eigenvalue weighted by Gasteiger charge is -2.22. The first-order chi connectivity index (χ1) is 15.3. The molecule has 0 amide bonds. The van der Waals surface area contributed by atoms with Gasteiger partial charge in [0, 0.05) is 21.5 Å². The number of rotatable bonds is 4. The molecule has 3 aromatic carbocycles. The minimum atomic E-state index is -1.85. The van der Waals surface area contributed by atoms with E-state index in [-0.39, 0.29) is 11.3 Å². The monoisotopic (exact) mass is 494 g/mol. The van der Waals surface area contributed by atoms with Gasteiger partial charge in [-0.3, -0.25) is 14.4 Å². The van der Waals surface area contributed by atoms with Gasteiger partial charge >= 0.3 is 11.9 Å². The van der Waals surface area contributed by atoms with Crippen molar-refractivity contribution in [2.24, 2.45) is 10.8 Å². The number of carbonyl (C=O) groups excluding carboxylic acids is 3. The Kier molecular flexibility index (Phi) is 4.57. The van der Waals surface area contributed by atoms with Crippen LogP contribution >= 0.6 is 15.9 Å². The predicted octanol–water partition coefficient (Wildman–Crippen LogP) is 5.09. The fraction of sp³-hybridized carbons (Fsp3) is 0.160. The molecule has 1 heterocycles. The molecule has 0 radical (unpaired) electrons. The van der Waals surface area contributed by atoms with Crippen molar-refractivity contribution < 1.29 is 28.2 Å². The third-order valence-electron chi connectivity index (χ3n) is 6.43. The SMILES string of the molecule is C[C@@]1(C(=O)c2ccc(F)cc2)[C@H]2c3ccccc3OC(=O)[C@@]21C(=O)Oc1ccc(Br)cc1. The highest BCUT2D eigenvalue weighted by Crippen LogP contribution is 2.78. The molecule has 0 bridgehead atoms. The number of fused-ring (bicyclic) bond motifs is 3. The Morgan fingerprint density at radius 3 is 2.34 bits per heavy atom. The van der Waals surface area contributed by atoms with Gasteiger partial charge in [0.1, 0.15) is 17.3 Å². The Morgan fingerprint density at radius 2 is 1.66 bits per heavy atom. The van der Waals surface area contributed by atoms with Gasteiger partial charge in [-0.1, -0.05) is 34.1 Å². The minimum Gasteiger partial charge on any atom is -0.426 e. The fourth-order valence-electron chi connectivity index (χ4n) is 4.80. The van der Waals surface area contributed by atoms with Gasteiger partial charge in [0.2, 0.25) is 0 Å². The maximum Gasteiger partial charge on any atom is 0.330 e. The molecular weight excluding hydrogens is 479 g/mol. The van der Waals surface area contributed by atoms with Crippen LogP contribution in [0.1, 0.15) is 28.8 Å². The molecule has 5 nitrogen and oxygen atoms in total. The van der Waals surface area contributed by atoms with Gasteiger partial charge in [-0.2, -0.15) is 0 Å². The molecule has 3 aromatic rings. The maximum absolute atomic E-state index is 13.6. The Balaban J connectivity index is 1.62. The highest BCUT2D eigenvalue weighted by Gasteiger charge is 2.89. The Hall–Kier alpha value is -3.32. The zero-order valence-corrected chi connectivity index (χ0v) is 18.4. The van der Waals surface area contributed by atoms with Crippen molar-refractivity contribution >= 4 is 33.7 Å². The van der Waals surface area contributed by atoms with Crippen molar-refractivity contribution in [1.29, 1.82) is 0 Å². The fourth-order valence-corrected chi connectivity index (χ4v) is 5.06. The number of benzene rings is 3. The van der Waals surface area contributed by atoms with Crippen molar-refractivity contribution in [3.63, 3.8) is 0 Å². The highest BCUT2D eigenvalue weighted by molar-refractivity contribution is 9.10. The summed E-state index contributed by atoms with van der Waals surface area (Å²) in [5.74, 6) is -2.86.